The van der Waals surface area contributed by atoms with Crippen molar-refractivity contribution in [1.82, 2.24) is 4.40 Å². The number of hydrogen-bond acceptors (Lipinski definition) is 1. The number of aromatic nitrogens is 1. The van der Waals surface area contributed by atoms with Crippen molar-refractivity contribution < 1.29 is 4.79 Å². The Morgan fingerprint density at radius 2 is 1.74 bits per heavy atom. The molecule has 2 aromatic heterocycles. The second-order valence-corrected chi connectivity index (χ2v) is 6.09. The van der Waals surface area contributed by atoms with Gasteiger partial charge in [-0.25, -0.2) is 0 Å². The standard InChI is InChI=1S/C20H14ClNO/c1-13(23)15-4-5-16-11-18(14-6-8-17(21)9-7-14)19-3-2-10-22(19)20(16)12-15/h2-12H,1H3. The van der Waals surface area contributed by atoms with E-state index in [9.17, 15) is 4.79 Å². The predicted octanol–water partition coefficient (Wildman–Crippen LogP) is 5.62. The molecule has 0 N–H and O–H groups in total. The molecule has 0 saturated heterocycles. The number of carbonyl (C=O) groups is 1. The summed E-state index contributed by atoms with van der Waals surface area (Å²) in [5.74, 6) is 0.0778. The molecule has 0 aliphatic rings. The van der Waals surface area contributed by atoms with Gasteiger partial charge in [0.15, 0.2) is 5.78 Å². The molecule has 0 bridgehead atoms. The molecule has 112 valence electrons. The summed E-state index contributed by atoms with van der Waals surface area (Å²) in [6.07, 6.45) is 2.03. The van der Waals surface area contributed by atoms with Gasteiger partial charge in [0.25, 0.3) is 0 Å². The smallest absolute Gasteiger partial charge is 0.159 e. The van der Waals surface area contributed by atoms with Gasteiger partial charge < -0.3 is 4.40 Å². The average Bonchev–Trinajstić information content (AvgIpc) is 3.04. The second-order valence-electron chi connectivity index (χ2n) is 5.66. The molecule has 0 aliphatic heterocycles. The first kappa shape index (κ1) is 14.0. The third-order valence-corrected chi connectivity index (χ3v) is 4.43. The summed E-state index contributed by atoms with van der Waals surface area (Å²) in [6.45, 7) is 1.59. The van der Waals surface area contributed by atoms with Crippen molar-refractivity contribution in [3.8, 4) is 11.1 Å². The van der Waals surface area contributed by atoms with Gasteiger partial charge in [-0.2, -0.15) is 0 Å². The molecule has 0 atom stereocenters. The lowest BCUT2D eigenvalue weighted by Crippen LogP contribution is -1.95. The Morgan fingerprint density at radius 3 is 2.48 bits per heavy atom. The summed E-state index contributed by atoms with van der Waals surface area (Å²) in [4.78, 5) is 11.7. The monoisotopic (exact) mass is 319 g/mol. The summed E-state index contributed by atoms with van der Waals surface area (Å²) in [5.41, 5.74) is 5.15. The van der Waals surface area contributed by atoms with Crippen molar-refractivity contribution in [3.63, 3.8) is 0 Å². The van der Waals surface area contributed by atoms with E-state index in [0.717, 1.165) is 38.1 Å². The first-order chi connectivity index (χ1) is 11.1. The van der Waals surface area contributed by atoms with E-state index in [1.165, 1.54) is 0 Å². The molecular weight excluding hydrogens is 306 g/mol. The van der Waals surface area contributed by atoms with Crippen molar-refractivity contribution >= 4 is 33.8 Å². The molecular formula is C20H14ClNO. The van der Waals surface area contributed by atoms with Gasteiger partial charge >= 0.3 is 0 Å². The maximum Gasteiger partial charge on any atom is 0.159 e. The molecule has 4 aromatic rings. The number of pyridine rings is 1. The number of Topliss-reactive ketones (excluding diaryl/α,β-unsaturated/α-hetero) is 1. The Labute approximate surface area is 138 Å². The SMILES string of the molecule is CC(=O)c1ccc2cc(-c3ccc(Cl)cc3)c3cccn3c2c1. The average molecular weight is 320 g/mol. The lowest BCUT2D eigenvalue weighted by Gasteiger charge is -2.11. The van der Waals surface area contributed by atoms with Crippen LogP contribution < -0.4 is 0 Å². The predicted molar refractivity (Wildman–Crippen MR) is 95.4 cm³/mol. The van der Waals surface area contributed by atoms with Crippen molar-refractivity contribution in [2.45, 2.75) is 6.92 Å². The van der Waals surface area contributed by atoms with Gasteiger partial charge in [0, 0.05) is 22.3 Å². The number of fused-ring (bicyclic) bond motifs is 3. The molecule has 0 saturated carbocycles. The van der Waals surface area contributed by atoms with Gasteiger partial charge in [-0.3, -0.25) is 4.79 Å². The molecule has 3 heteroatoms. The molecule has 0 spiro atoms. The molecule has 4 rings (SSSR count). The molecule has 0 aliphatic carbocycles. The van der Waals surface area contributed by atoms with Gasteiger partial charge in [-0.05, 0) is 54.3 Å². The van der Waals surface area contributed by atoms with E-state index in [4.69, 9.17) is 11.6 Å². The Hall–Kier alpha value is -2.58. The molecule has 0 amide bonds. The number of benzene rings is 2. The van der Waals surface area contributed by atoms with E-state index in [-0.39, 0.29) is 5.78 Å². The van der Waals surface area contributed by atoms with Crippen LogP contribution in [0.2, 0.25) is 5.02 Å². The van der Waals surface area contributed by atoms with Crippen molar-refractivity contribution in [1.29, 1.82) is 0 Å². The Kier molecular flexibility index (Phi) is 3.21. The van der Waals surface area contributed by atoms with E-state index in [0.29, 0.717) is 0 Å². The van der Waals surface area contributed by atoms with Crippen LogP contribution in [-0.4, -0.2) is 10.2 Å². The van der Waals surface area contributed by atoms with Crippen LogP contribution in [-0.2, 0) is 0 Å². The van der Waals surface area contributed by atoms with Gasteiger partial charge in [-0.1, -0.05) is 35.9 Å². The Morgan fingerprint density at radius 1 is 0.957 bits per heavy atom. The molecule has 2 heterocycles. The van der Waals surface area contributed by atoms with Crippen molar-refractivity contribution in [2.75, 3.05) is 0 Å². The summed E-state index contributed by atoms with van der Waals surface area (Å²) in [7, 11) is 0. The fourth-order valence-electron chi connectivity index (χ4n) is 2.99. The molecule has 0 radical (unpaired) electrons. The van der Waals surface area contributed by atoms with Crippen molar-refractivity contribution in [3.05, 3.63) is 77.4 Å². The van der Waals surface area contributed by atoms with E-state index in [2.05, 4.69) is 16.5 Å². The van der Waals surface area contributed by atoms with Gasteiger partial charge in [0.05, 0.1) is 11.0 Å². The van der Waals surface area contributed by atoms with E-state index >= 15 is 0 Å². The van der Waals surface area contributed by atoms with Crippen LogP contribution in [0, 0.1) is 0 Å². The lowest BCUT2D eigenvalue weighted by molar-refractivity contribution is 0.101. The van der Waals surface area contributed by atoms with Crippen LogP contribution in [0.15, 0.2) is 66.9 Å². The highest BCUT2D eigenvalue weighted by Crippen LogP contribution is 2.31. The minimum atomic E-state index is 0.0778. The van der Waals surface area contributed by atoms with Gasteiger partial charge in [-0.15, -0.1) is 0 Å². The molecule has 0 unspecified atom stereocenters. The fraction of sp³-hybridized carbons (Fsp3) is 0.0500. The second kappa shape index (κ2) is 5.25. The van der Waals surface area contributed by atoms with Crippen LogP contribution in [0.3, 0.4) is 0 Å². The maximum absolute atomic E-state index is 11.7. The maximum atomic E-state index is 11.7. The summed E-state index contributed by atoms with van der Waals surface area (Å²) < 4.78 is 2.13. The van der Waals surface area contributed by atoms with Crippen LogP contribution >= 0.6 is 11.6 Å². The third kappa shape index (κ3) is 2.32. The highest BCUT2D eigenvalue weighted by atomic mass is 35.5. The zero-order chi connectivity index (χ0) is 16.0. The van der Waals surface area contributed by atoms with Gasteiger partial charge in [0.1, 0.15) is 0 Å². The zero-order valence-corrected chi connectivity index (χ0v) is 13.3. The summed E-state index contributed by atoms with van der Waals surface area (Å²) in [5, 5.41) is 1.83. The number of rotatable bonds is 2. The molecule has 0 fully saturated rings. The van der Waals surface area contributed by atoms with E-state index in [1.54, 1.807) is 6.92 Å². The normalized spacial score (nSPS) is 11.2. The van der Waals surface area contributed by atoms with Crippen molar-refractivity contribution in [2.24, 2.45) is 0 Å². The lowest BCUT2D eigenvalue weighted by atomic mass is 10.0. The fourth-order valence-corrected chi connectivity index (χ4v) is 3.12. The zero-order valence-electron chi connectivity index (χ0n) is 12.6. The third-order valence-electron chi connectivity index (χ3n) is 4.18. The first-order valence-electron chi connectivity index (χ1n) is 7.44. The number of halogens is 1. The number of carbonyl (C=O) groups excluding carboxylic acids is 1. The Balaban J connectivity index is 2.05. The summed E-state index contributed by atoms with van der Waals surface area (Å²) >= 11 is 6.00. The summed E-state index contributed by atoms with van der Waals surface area (Å²) in [6, 6.07) is 20.0. The first-order valence-corrected chi connectivity index (χ1v) is 7.82. The topological polar surface area (TPSA) is 21.5 Å². The number of ketones is 1. The van der Waals surface area contributed by atoms with E-state index < -0.39 is 0 Å². The molecule has 2 nitrogen and oxygen atoms in total. The Bertz CT molecular complexity index is 1040. The van der Waals surface area contributed by atoms with E-state index in [1.807, 2.05) is 54.7 Å². The highest BCUT2D eigenvalue weighted by Gasteiger charge is 2.10. The van der Waals surface area contributed by atoms with Crippen LogP contribution in [0.25, 0.3) is 27.5 Å². The minimum Gasteiger partial charge on any atom is -0.316 e. The minimum absolute atomic E-state index is 0.0778. The highest BCUT2D eigenvalue weighted by molar-refractivity contribution is 6.30. The van der Waals surface area contributed by atoms with Crippen LogP contribution in [0.1, 0.15) is 17.3 Å². The number of hydrogen-bond donors (Lipinski definition) is 0. The largest absolute Gasteiger partial charge is 0.316 e. The van der Waals surface area contributed by atoms with Crippen LogP contribution in [0.5, 0.6) is 0 Å². The molecule has 23 heavy (non-hydrogen) atoms. The molecule has 2 aromatic carbocycles. The van der Waals surface area contributed by atoms with Crippen LogP contribution in [0.4, 0.5) is 0 Å². The number of nitrogens with zero attached hydrogens (tertiary/aromatic N) is 1. The van der Waals surface area contributed by atoms with Gasteiger partial charge in [0.2, 0.25) is 0 Å². The quantitative estimate of drug-likeness (QED) is 0.440.